The van der Waals surface area contributed by atoms with Crippen molar-refractivity contribution < 1.29 is 4.74 Å². The second kappa shape index (κ2) is 10.5. The predicted octanol–water partition coefficient (Wildman–Crippen LogP) is 1.61. The van der Waals surface area contributed by atoms with Gasteiger partial charge < -0.3 is 10.5 Å². The highest BCUT2D eigenvalue weighted by molar-refractivity contribution is 4.78. The lowest BCUT2D eigenvalue weighted by molar-refractivity contribution is 0.0776. The maximum atomic E-state index is 8.71. The number of rotatable bonds is 10. The van der Waals surface area contributed by atoms with Crippen LogP contribution in [0.25, 0.3) is 0 Å². The Morgan fingerprint density at radius 2 is 2.12 bits per heavy atom. The number of ether oxygens (including phenoxy) is 1. The maximum absolute atomic E-state index is 8.71. The van der Waals surface area contributed by atoms with Gasteiger partial charge in [0, 0.05) is 32.7 Å². The van der Waals surface area contributed by atoms with Crippen LogP contribution in [0.1, 0.15) is 33.1 Å². The molecule has 100 valence electrons. The van der Waals surface area contributed by atoms with Gasteiger partial charge in [0.05, 0.1) is 12.7 Å². The molecule has 0 rings (SSSR count). The summed E-state index contributed by atoms with van der Waals surface area (Å²) < 4.78 is 5.28. The zero-order valence-electron chi connectivity index (χ0n) is 11.5. The number of nitriles is 1. The van der Waals surface area contributed by atoms with E-state index in [0.717, 1.165) is 32.5 Å². The van der Waals surface area contributed by atoms with Crippen LogP contribution in [0.2, 0.25) is 0 Å². The van der Waals surface area contributed by atoms with Crippen LogP contribution in [-0.2, 0) is 4.74 Å². The first-order valence-corrected chi connectivity index (χ1v) is 6.45. The Kier molecular flexibility index (Phi) is 10.1. The first-order chi connectivity index (χ1) is 8.15. The molecule has 2 N–H and O–H groups in total. The van der Waals surface area contributed by atoms with Gasteiger partial charge in [0.15, 0.2) is 0 Å². The Hall–Kier alpha value is -0.630. The molecule has 4 nitrogen and oxygen atoms in total. The van der Waals surface area contributed by atoms with Crippen LogP contribution in [0, 0.1) is 17.2 Å². The Balaban J connectivity index is 4.37. The van der Waals surface area contributed by atoms with E-state index in [1.807, 2.05) is 0 Å². The number of hydrogen-bond acceptors (Lipinski definition) is 4. The van der Waals surface area contributed by atoms with Crippen molar-refractivity contribution in [1.29, 1.82) is 5.26 Å². The number of hydrogen-bond donors (Lipinski definition) is 1. The van der Waals surface area contributed by atoms with Crippen LogP contribution < -0.4 is 5.73 Å². The third-order valence-corrected chi connectivity index (χ3v) is 2.73. The zero-order valence-corrected chi connectivity index (χ0v) is 11.5. The molecule has 0 amide bonds. The van der Waals surface area contributed by atoms with E-state index >= 15 is 0 Å². The highest BCUT2D eigenvalue weighted by atomic mass is 16.5. The fraction of sp³-hybridized carbons (Fsp3) is 0.923. The summed E-state index contributed by atoms with van der Waals surface area (Å²) in [6, 6.07) is 2.61. The van der Waals surface area contributed by atoms with Gasteiger partial charge in [-0.15, -0.1) is 0 Å². The third-order valence-electron chi connectivity index (χ3n) is 2.73. The fourth-order valence-corrected chi connectivity index (χ4v) is 2.00. The first-order valence-electron chi connectivity index (χ1n) is 6.45. The minimum Gasteiger partial charge on any atom is -0.383 e. The molecular formula is C13H27N3O. The van der Waals surface area contributed by atoms with Crippen LogP contribution >= 0.6 is 0 Å². The summed E-state index contributed by atoms with van der Waals surface area (Å²) in [7, 11) is 1.73. The van der Waals surface area contributed by atoms with Crippen LogP contribution in [0.15, 0.2) is 0 Å². The minimum atomic E-state index is 0.388. The van der Waals surface area contributed by atoms with E-state index in [2.05, 4.69) is 24.8 Å². The van der Waals surface area contributed by atoms with Crippen molar-refractivity contribution >= 4 is 0 Å². The smallest absolute Gasteiger partial charge is 0.0635 e. The SMILES string of the molecule is COCC(CCCN)N(CCC#N)CC(C)C. The Labute approximate surface area is 106 Å². The van der Waals surface area contributed by atoms with Gasteiger partial charge in [-0.1, -0.05) is 13.8 Å². The summed E-state index contributed by atoms with van der Waals surface area (Å²) in [6.45, 7) is 7.68. The monoisotopic (exact) mass is 241 g/mol. The van der Waals surface area contributed by atoms with Gasteiger partial charge in [-0.05, 0) is 25.3 Å². The number of nitrogens with zero attached hydrogens (tertiary/aromatic N) is 2. The van der Waals surface area contributed by atoms with Crippen molar-refractivity contribution in [2.45, 2.75) is 39.2 Å². The molecule has 0 radical (unpaired) electrons. The molecule has 0 spiro atoms. The molecular weight excluding hydrogens is 214 g/mol. The molecule has 0 aliphatic carbocycles. The highest BCUT2D eigenvalue weighted by Crippen LogP contribution is 2.11. The molecule has 0 aromatic rings. The Morgan fingerprint density at radius 3 is 2.59 bits per heavy atom. The molecule has 0 aliphatic heterocycles. The average molecular weight is 241 g/mol. The summed E-state index contributed by atoms with van der Waals surface area (Å²) in [5.41, 5.74) is 5.56. The molecule has 0 bridgehead atoms. The van der Waals surface area contributed by atoms with E-state index in [0.29, 0.717) is 24.9 Å². The van der Waals surface area contributed by atoms with Crippen LogP contribution in [0.5, 0.6) is 0 Å². The lowest BCUT2D eigenvalue weighted by Gasteiger charge is -2.32. The van der Waals surface area contributed by atoms with Crippen molar-refractivity contribution in [3.63, 3.8) is 0 Å². The van der Waals surface area contributed by atoms with Gasteiger partial charge in [0.25, 0.3) is 0 Å². The van der Waals surface area contributed by atoms with E-state index in [9.17, 15) is 0 Å². The molecule has 17 heavy (non-hydrogen) atoms. The van der Waals surface area contributed by atoms with Crippen LogP contribution in [-0.4, -0.2) is 44.3 Å². The second-order valence-electron chi connectivity index (χ2n) is 4.84. The number of methoxy groups -OCH3 is 1. The molecule has 0 aromatic heterocycles. The van der Waals surface area contributed by atoms with Crippen molar-refractivity contribution in [1.82, 2.24) is 4.90 Å². The topological polar surface area (TPSA) is 62.3 Å². The largest absolute Gasteiger partial charge is 0.383 e. The Bertz CT molecular complexity index is 213. The van der Waals surface area contributed by atoms with Crippen molar-refractivity contribution in [3.05, 3.63) is 0 Å². The normalized spacial score (nSPS) is 13.0. The maximum Gasteiger partial charge on any atom is 0.0635 e. The summed E-state index contributed by atoms with van der Waals surface area (Å²) in [5.74, 6) is 0.603. The summed E-state index contributed by atoms with van der Waals surface area (Å²) in [6.07, 6.45) is 2.63. The van der Waals surface area contributed by atoms with E-state index < -0.39 is 0 Å². The van der Waals surface area contributed by atoms with Gasteiger partial charge in [-0.3, -0.25) is 4.90 Å². The van der Waals surface area contributed by atoms with Gasteiger partial charge in [-0.2, -0.15) is 5.26 Å². The van der Waals surface area contributed by atoms with E-state index in [-0.39, 0.29) is 0 Å². The van der Waals surface area contributed by atoms with E-state index in [1.54, 1.807) is 7.11 Å². The fourth-order valence-electron chi connectivity index (χ4n) is 2.00. The van der Waals surface area contributed by atoms with Crippen molar-refractivity contribution in [2.24, 2.45) is 11.7 Å². The van der Waals surface area contributed by atoms with Crippen LogP contribution in [0.4, 0.5) is 0 Å². The first kappa shape index (κ1) is 16.4. The molecule has 0 fully saturated rings. The standard InChI is InChI=1S/C13H27N3O/c1-12(2)10-16(9-5-8-15)13(11-17-3)6-4-7-14/h12-13H,4-7,9-11,14H2,1-3H3. The second-order valence-corrected chi connectivity index (χ2v) is 4.84. The number of nitrogens with two attached hydrogens (primary N) is 1. The molecule has 0 saturated heterocycles. The van der Waals surface area contributed by atoms with Gasteiger partial charge in [0.2, 0.25) is 0 Å². The summed E-state index contributed by atoms with van der Waals surface area (Å²) >= 11 is 0. The molecule has 1 unspecified atom stereocenters. The highest BCUT2D eigenvalue weighted by Gasteiger charge is 2.18. The minimum absolute atomic E-state index is 0.388. The van der Waals surface area contributed by atoms with Crippen LogP contribution in [0.3, 0.4) is 0 Å². The summed E-state index contributed by atoms with van der Waals surface area (Å²) in [4.78, 5) is 2.37. The van der Waals surface area contributed by atoms with Crippen molar-refractivity contribution in [2.75, 3.05) is 33.4 Å². The zero-order chi connectivity index (χ0) is 13.1. The molecule has 0 aliphatic rings. The Morgan fingerprint density at radius 1 is 1.41 bits per heavy atom. The molecule has 0 aromatic carbocycles. The van der Waals surface area contributed by atoms with E-state index in [4.69, 9.17) is 15.7 Å². The van der Waals surface area contributed by atoms with Crippen molar-refractivity contribution in [3.8, 4) is 6.07 Å². The van der Waals surface area contributed by atoms with Gasteiger partial charge >= 0.3 is 0 Å². The summed E-state index contributed by atoms with van der Waals surface area (Å²) in [5, 5.41) is 8.71. The lowest BCUT2D eigenvalue weighted by Crippen LogP contribution is -2.41. The molecule has 4 heteroatoms. The lowest BCUT2D eigenvalue weighted by atomic mass is 10.1. The molecule has 0 saturated carbocycles. The molecule has 1 atom stereocenters. The quantitative estimate of drug-likeness (QED) is 0.631. The average Bonchev–Trinajstić information content (AvgIpc) is 2.29. The van der Waals surface area contributed by atoms with Gasteiger partial charge in [0.1, 0.15) is 0 Å². The predicted molar refractivity (Wildman–Crippen MR) is 70.6 cm³/mol. The van der Waals surface area contributed by atoms with Gasteiger partial charge in [-0.25, -0.2) is 0 Å². The molecule has 0 heterocycles. The third kappa shape index (κ3) is 8.14. The van der Waals surface area contributed by atoms with E-state index in [1.165, 1.54) is 0 Å².